The van der Waals surface area contributed by atoms with E-state index >= 15 is 0 Å². The molecular formula is C12H17ClN2. The lowest BCUT2D eigenvalue weighted by Gasteiger charge is -2.24. The molecular weight excluding hydrogens is 208 g/mol. The van der Waals surface area contributed by atoms with E-state index in [-0.39, 0.29) is 0 Å². The maximum absolute atomic E-state index is 5.84. The quantitative estimate of drug-likeness (QED) is 0.819. The van der Waals surface area contributed by atoms with Crippen LogP contribution in [0.3, 0.4) is 0 Å². The highest BCUT2D eigenvalue weighted by atomic mass is 35.5. The molecule has 2 N–H and O–H groups in total. The Bertz CT molecular complexity index is 291. The van der Waals surface area contributed by atoms with Crippen molar-refractivity contribution in [3.63, 3.8) is 0 Å². The van der Waals surface area contributed by atoms with Crippen LogP contribution in [-0.4, -0.2) is 25.7 Å². The number of hydrogen-bond acceptors (Lipinski definition) is 2. The van der Waals surface area contributed by atoms with Crippen molar-refractivity contribution >= 4 is 11.6 Å². The molecule has 1 unspecified atom stereocenters. The molecule has 3 heteroatoms. The second kappa shape index (κ2) is 5.50. The minimum atomic E-state index is 0.620. The van der Waals surface area contributed by atoms with Crippen molar-refractivity contribution in [1.82, 2.24) is 10.6 Å². The first-order valence-corrected chi connectivity index (χ1v) is 5.91. The van der Waals surface area contributed by atoms with Crippen LogP contribution in [0.4, 0.5) is 0 Å². The molecule has 82 valence electrons. The van der Waals surface area contributed by atoms with Crippen LogP contribution in [0.2, 0.25) is 5.02 Å². The molecule has 0 spiro atoms. The maximum atomic E-state index is 5.84. The summed E-state index contributed by atoms with van der Waals surface area (Å²) in [7, 11) is 0. The van der Waals surface area contributed by atoms with Gasteiger partial charge in [-0.3, -0.25) is 0 Å². The summed E-state index contributed by atoms with van der Waals surface area (Å²) in [6, 6.07) is 8.76. The topological polar surface area (TPSA) is 24.1 Å². The summed E-state index contributed by atoms with van der Waals surface area (Å²) in [5.74, 6) is 0. The van der Waals surface area contributed by atoms with Crippen molar-refractivity contribution in [2.45, 2.75) is 18.9 Å². The van der Waals surface area contributed by atoms with Gasteiger partial charge in [-0.1, -0.05) is 23.7 Å². The normalized spacial score (nSPS) is 21.5. The second-order valence-corrected chi connectivity index (χ2v) is 4.46. The predicted octanol–water partition coefficient (Wildman–Crippen LogP) is 1.83. The van der Waals surface area contributed by atoms with Gasteiger partial charge in [-0.05, 0) is 30.5 Å². The summed E-state index contributed by atoms with van der Waals surface area (Å²) >= 11 is 5.84. The molecule has 0 amide bonds. The number of rotatable bonds is 3. The van der Waals surface area contributed by atoms with Crippen LogP contribution in [0.25, 0.3) is 0 Å². The van der Waals surface area contributed by atoms with Crippen LogP contribution >= 0.6 is 11.6 Å². The molecule has 1 aromatic rings. The molecule has 0 saturated carbocycles. The molecule has 1 aliphatic heterocycles. The van der Waals surface area contributed by atoms with Gasteiger partial charge in [0.1, 0.15) is 0 Å². The largest absolute Gasteiger partial charge is 0.314 e. The monoisotopic (exact) mass is 224 g/mol. The minimum absolute atomic E-state index is 0.620. The summed E-state index contributed by atoms with van der Waals surface area (Å²) < 4.78 is 0. The van der Waals surface area contributed by atoms with Crippen LogP contribution < -0.4 is 10.6 Å². The molecule has 15 heavy (non-hydrogen) atoms. The van der Waals surface area contributed by atoms with Gasteiger partial charge < -0.3 is 10.6 Å². The summed E-state index contributed by atoms with van der Waals surface area (Å²) in [5, 5.41) is 7.72. The summed E-state index contributed by atoms with van der Waals surface area (Å²) in [4.78, 5) is 0. The van der Waals surface area contributed by atoms with Gasteiger partial charge in [0.15, 0.2) is 0 Å². The fourth-order valence-electron chi connectivity index (χ4n) is 1.91. The Morgan fingerprint density at radius 3 is 2.67 bits per heavy atom. The maximum Gasteiger partial charge on any atom is 0.0406 e. The number of nitrogens with one attached hydrogen (secondary N) is 2. The van der Waals surface area contributed by atoms with Gasteiger partial charge in [0.05, 0.1) is 0 Å². The number of benzene rings is 1. The predicted molar refractivity (Wildman–Crippen MR) is 64.4 cm³/mol. The third-order valence-electron chi connectivity index (χ3n) is 2.82. The fraction of sp³-hybridized carbons (Fsp3) is 0.500. The van der Waals surface area contributed by atoms with E-state index in [1.54, 1.807) is 0 Å². The third-order valence-corrected chi connectivity index (χ3v) is 3.07. The smallest absolute Gasteiger partial charge is 0.0406 e. The Labute approximate surface area is 96.0 Å². The third kappa shape index (κ3) is 3.49. The molecule has 1 aromatic carbocycles. The van der Waals surface area contributed by atoms with Crippen molar-refractivity contribution in [3.05, 3.63) is 34.9 Å². The minimum Gasteiger partial charge on any atom is -0.314 e. The zero-order chi connectivity index (χ0) is 10.5. The Hall–Kier alpha value is -0.570. The fourth-order valence-corrected chi connectivity index (χ4v) is 2.04. The van der Waals surface area contributed by atoms with E-state index in [4.69, 9.17) is 11.6 Å². The first-order chi connectivity index (χ1) is 7.34. The molecule has 1 fully saturated rings. The number of piperazine rings is 1. The average molecular weight is 225 g/mol. The SMILES string of the molecule is Clc1ccc(CCC2CNCCN2)cc1. The van der Waals surface area contributed by atoms with Crippen LogP contribution in [0.1, 0.15) is 12.0 Å². The van der Waals surface area contributed by atoms with Gasteiger partial charge >= 0.3 is 0 Å². The first kappa shape index (κ1) is 10.9. The average Bonchev–Trinajstić information content (AvgIpc) is 2.30. The highest BCUT2D eigenvalue weighted by molar-refractivity contribution is 6.30. The molecule has 0 bridgehead atoms. The first-order valence-electron chi connectivity index (χ1n) is 5.53. The van der Waals surface area contributed by atoms with Crippen LogP contribution in [0.5, 0.6) is 0 Å². The summed E-state index contributed by atoms with van der Waals surface area (Å²) in [6.07, 6.45) is 2.31. The molecule has 1 aliphatic rings. The van der Waals surface area contributed by atoms with Gasteiger partial charge in [0, 0.05) is 30.7 Å². The Morgan fingerprint density at radius 1 is 1.20 bits per heavy atom. The molecule has 1 atom stereocenters. The molecule has 2 rings (SSSR count). The highest BCUT2D eigenvalue weighted by Gasteiger charge is 2.11. The lowest BCUT2D eigenvalue weighted by Crippen LogP contribution is -2.48. The Morgan fingerprint density at radius 2 is 2.00 bits per heavy atom. The second-order valence-electron chi connectivity index (χ2n) is 4.02. The number of halogens is 1. The van der Waals surface area contributed by atoms with E-state index in [1.165, 1.54) is 12.0 Å². The zero-order valence-corrected chi connectivity index (χ0v) is 9.56. The number of hydrogen-bond donors (Lipinski definition) is 2. The van der Waals surface area contributed by atoms with Crippen molar-refractivity contribution in [2.75, 3.05) is 19.6 Å². The molecule has 2 nitrogen and oxygen atoms in total. The van der Waals surface area contributed by atoms with Crippen LogP contribution in [-0.2, 0) is 6.42 Å². The molecule has 1 heterocycles. The van der Waals surface area contributed by atoms with Crippen molar-refractivity contribution in [3.8, 4) is 0 Å². The van der Waals surface area contributed by atoms with Crippen molar-refractivity contribution < 1.29 is 0 Å². The van der Waals surface area contributed by atoms with Crippen LogP contribution in [0, 0.1) is 0 Å². The highest BCUT2D eigenvalue weighted by Crippen LogP contribution is 2.11. The Kier molecular flexibility index (Phi) is 4.01. The van der Waals surface area contributed by atoms with E-state index in [0.717, 1.165) is 31.1 Å². The van der Waals surface area contributed by atoms with Crippen molar-refractivity contribution in [1.29, 1.82) is 0 Å². The van der Waals surface area contributed by atoms with Crippen LogP contribution in [0.15, 0.2) is 24.3 Å². The lowest BCUT2D eigenvalue weighted by atomic mass is 10.0. The van der Waals surface area contributed by atoms with Gasteiger partial charge in [0.2, 0.25) is 0 Å². The standard InChI is InChI=1S/C12H17ClN2/c13-11-4-1-10(2-5-11)3-6-12-9-14-7-8-15-12/h1-2,4-5,12,14-15H,3,6-9H2. The van der Waals surface area contributed by atoms with E-state index in [1.807, 2.05) is 12.1 Å². The van der Waals surface area contributed by atoms with E-state index in [9.17, 15) is 0 Å². The van der Waals surface area contributed by atoms with Crippen molar-refractivity contribution in [2.24, 2.45) is 0 Å². The zero-order valence-electron chi connectivity index (χ0n) is 8.80. The van der Waals surface area contributed by atoms with Gasteiger partial charge in [-0.15, -0.1) is 0 Å². The summed E-state index contributed by atoms with van der Waals surface area (Å²) in [5.41, 5.74) is 1.37. The molecule has 1 saturated heterocycles. The lowest BCUT2D eigenvalue weighted by molar-refractivity contribution is 0.400. The molecule has 0 aromatic heterocycles. The van der Waals surface area contributed by atoms with Gasteiger partial charge in [0.25, 0.3) is 0 Å². The Balaban J connectivity index is 1.79. The van der Waals surface area contributed by atoms with E-state index in [2.05, 4.69) is 22.8 Å². The van der Waals surface area contributed by atoms with E-state index < -0.39 is 0 Å². The van der Waals surface area contributed by atoms with Gasteiger partial charge in [-0.2, -0.15) is 0 Å². The van der Waals surface area contributed by atoms with Gasteiger partial charge in [-0.25, -0.2) is 0 Å². The molecule has 0 aliphatic carbocycles. The summed E-state index contributed by atoms with van der Waals surface area (Å²) in [6.45, 7) is 3.27. The molecule has 0 radical (unpaired) electrons. The van der Waals surface area contributed by atoms with E-state index in [0.29, 0.717) is 6.04 Å². The number of aryl methyl sites for hydroxylation is 1.